The van der Waals surface area contributed by atoms with E-state index >= 15 is 0 Å². The molecule has 49 nitrogen and oxygen atoms in total. The molecule has 0 radical (unpaired) electrons. The molecule has 0 spiro atoms. The van der Waals surface area contributed by atoms with Gasteiger partial charge in [0.05, 0.1) is 22.3 Å². The third-order valence-electron chi connectivity index (χ3n) is 24.2. The lowest BCUT2D eigenvalue weighted by atomic mass is 9.81. The van der Waals surface area contributed by atoms with Gasteiger partial charge in [0.15, 0.2) is 34.9 Å². The fraction of sp³-hybridized carbons (Fsp3) is 0.453. The van der Waals surface area contributed by atoms with E-state index in [1.807, 2.05) is 52.3 Å². The quantitative estimate of drug-likeness (QED) is 0.0113. The van der Waals surface area contributed by atoms with Crippen LogP contribution in [0.5, 0.6) is 23.0 Å². The van der Waals surface area contributed by atoms with Gasteiger partial charge in [0.2, 0.25) is 35.4 Å². The highest BCUT2D eigenvalue weighted by Crippen LogP contribution is 2.30. The molecule has 1 saturated carbocycles. The number of aromatic nitrogens is 4. The molecule has 144 heavy (non-hydrogen) atoms. The Labute approximate surface area is 825 Å². The number of unbranched alkanes of at least 4 members (excludes halogenated alkanes) is 1. The normalized spacial score (nSPS) is 13.8. The van der Waals surface area contributed by atoms with Crippen LogP contribution in [0.1, 0.15) is 149 Å². The molecule has 4 heterocycles. The number of nitrogens with zero attached hydrogens (tertiary/aromatic N) is 6. The SMILES string of the molecule is Cn1ccc(C(=O)NCCN(CCNC(=O)c2ccn(C)c(=O)c2O)CC(Cc2ccc(NC(=O)CCC(=O)N[C@H](CCCNC(=N)N)C(=O)N[C@H](CCCNC(=N)N)C(=O)NCC3CCC(C(=O)N[C@@H](Cc4ccc5ccccc5c4)C(=O)NCCCC[C@H](NC(=O)N[C@@H](CCC(=O)O)C(=O)O)C(=O)O)CC3)cc2)CN(CCNC(=O)c2ccn(C)c(=O)c2O)CCNC(=O)c2ccn(C)c(=O)c2O)c(O)c1=O. The summed E-state index contributed by atoms with van der Waals surface area (Å²) >= 11 is 0. The first-order valence-electron chi connectivity index (χ1n) is 46.9. The summed E-state index contributed by atoms with van der Waals surface area (Å²) < 4.78 is 4.29. The molecule has 0 aliphatic heterocycles. The maximum atomic E-state index is 14.5. The predicted molar refractivity (Wildman–Crippen MR) is 526 cm³/mol. The highest BCUT2D eigenvalue weighted by Gasteiger charge is 2.34. The van der Waals surface area contributed by atoms with Crippen molar-refractivity contribution >= 4 is 111 Å². The maximum absolute atomic E-state index is 14.5. The maximum Gasteiger partial charge on any atom is 0.326 e. The Kier molecular flexibility index (Phi) is 44.2. The summed E-state index contributed by atoms with van der Waals surface area (Å²) in [5.41, 5.74) is 8.15. The molecule has 1 aliphatic rings. The molecule has 1 aliphatic carbocycles. The number of fused-ring (bicyclic) bond motifs is 1. The van der Waals surface area contributed by atoms with Crippen LogP contribution < -0.4 is 108 Å². The Bertz CT molecular complexity index is 5680. The summed E-state index contributed by atoms with van der Waals surface area (Å²) in [6.07, 6.45) is 5.75. The lowest BCUT2D eigenvalue weighted by Gasteiger charge is -2.32. The number of nitrogens with two attached hydrogens (primary N) is 2. The van der Waals surface area contributed by atoms with Gasteiger partial charge in [0, 0.05) is 182 Å². The van der Waals surface area contributed by atoms with Crippen LogP contribution >= 0.6 is 0 Å². The number of carbonyl (C=O) groups is 14. The monoisotopic (exact) mass is 2000 g/mol. The van der Waals surface area contributed by atoms with Gasteiger partial charge in [-0.25, -0.2) is 14.4 Å². The first-order chi connectivity index (χ1) is 68.5. The van der Waals surface area contributed by atoms with E-state index in [1.54, 1.807) is 24.3 Å². The minimum absolute atomic E-state index is 0.0106. The van der Waals surface area contributed by atoms with E-state index in [1.165, 1.54) is 77.2 Å². The van der Waals surface area contributed by atoms with Gasteiger partial charge in [-0.15, -0.1) is 0 Å². The first kappa shape index (κ1) is 113. The van der Waals surface area contributed by atoms with Gasteiger partial charge in [-0.05, 0) is 154 Å². The van der Waals surface area contributed by atoms with E-state index in [2.05, 4.69) is 74.4 Å². The van der Waals surface area contributed by atoms with Gasteiger partial charge in [0.1, 0.15) is 30.2 Å². The van der Waals surface area contributed by atoms with Crippen LogP contribution in [0.3, 0.4) is 0 Å². The summed E-state index contributed by atoms with van der Waals surface area (Å²) in [6, 6.07) is 16.9. The number of nitrogens with one attached hydrogen (secondary N) is 16. The molecule has 778 valence electrons. The van der Waals surface area contributed by atoms with Crippen molar-refractivity contribution in [2.75, 3.05) is 96.9 Å². The van der Waals surface area contributed by atoms with Crippen molar-refractivity contribution < 1.29 is 103 Å². The molecule has 49 heteroatoms. The fourth-order valence-electron chi connectivity index (χ4n) is 16.1. The first-order valence-corrected chi connectivity index (χ1v) is 46.9. The molecule has 0 unspecified atom stereocenters. The van der Waals surface area contributed by atoms with Gasteiger partial charge >= 0.3 is 23.9 Å². The Hall–Kier alpha value is -16.2. The number of pyridine rings is 4. The van der Waals surface area contributed by atoms with Crippen molar-refractivity contribution in [1.29, 1.82) is 10.8 Å². The van der Waals surface area contributed by atoms with Gasteiger partial charge in [-0.3, -0.25) is 92.5 Å². The number of hydrogen-bond donors (Lipinski definition) is 25. The number of rotatable bonds is 57. The average molecular weight is 2010 g/mol. The number of aliphatic carboxylic acids is 3. The second-order valence-corrected chi connectivity index (χ2v) is 35.1. The average Bonchev–Trinajstić information content (AvgIpc) is 0.840. The highest BCUT2D eigenvalue weighted by molar-refractivity contribution is 6.00. The van der Waals surface area contributed by atoms with Gasteiger partial charge in [-0.2, -0.15) is 0 Å². The summed E-state index contributed by atoms with van der Waals surface area (Å²) in [7, 11) is 5.52. The molecule has 4 aromatic heterocycles. The fourth-order valence-corrected chi connectivity index (χ4v) is 16.1. The van der Waals surface area contributed by atoms with Gasteiger partial charge in [0.25, 0.3) is 45.9 Å². The number of aromatic hydroxyl groups is 4. The molecular formula is C95H128N24O25. The van der Waals surface area contributed by atoms with Crippen molar-refractivity contribution in [2.24, 2.45) is 57.4 Å². The van der Waals surface area contributed by atoms with Crippen molar-refractivity contribution in [3.8, 4) is 23.0 Å². The van der Waals surface area contributed by atoms with E-state index < -0.39 is 196 Å². The van der Waals surface area contributed by atoms with Crippen LogP contribution in [0.2, 0.25) is 0 Å². The number of carboxylic acids is 3. The van der Waals surface area contributed by atoms with Crippen molar-refractivity contribution in [2.45, 2.75) is 139 Å². The van der Waals surface area contributed by atoms with Crippen LogP contribution in [-0.2, 0) is 84.2 Å². The Balaban J connectivity index is 0.929. The van der Waals surface area contributed by atoms with E-state index in [-0.39, 0.29) is 195 Å². The number of benzene rings is 3. The highest BCUT2D eigenvalue weighted by atomic mass is 16.4. The number of amides is 12. The van der Waals surface area contributed by atoms with Crippen LogP contribution in [0, 0.1) is 28.6 Å². The number of carbonyl (C=O) groups excluding carboxylic acids is 11. The Morgan fingerprint density at radius 3 is 1.26 bits per heavy atom. The van der Waals surface area contributed by atoms with Crippen molar-refractivity contribution in [3.63, 3.8) is 0 Å². The minimum atomic E-state index is -1.60. The minimum Gasteiger partial charge on any atom is -0.502 e. The Morgan fingerprint density at radius 2 is 0.812 bits per heavy atom. The van der Waals surface area contributed by atoms with Crippen LogP contribution in [0.25, 0.3) is 10.8 Å². The standard InChI is InChI=1S/C95H128N24O25/c1-114-41-30-63(75(124)87(114)136)80(129)101-37-45-118(46-38-102-81(130)64-31-42-115(2)88(137)76(64)125)53-58(54-119(47-39-103-82(131)65-32-43-116(3)89(138)77(65)126)48-40-104-83(132)66-33-44-117(4)90(139)78(66)127)49-55-19-24-62(25-20-55)108-72(120)27-28-73(121)109-68(15-10-36-106-94(98)99)86(135)110-67(14-9-35-105-93(96)97)84(133)107-52-56-16-22-60(23-17-56)79(128)111-71(51-57-18-21-59-11-5-6-12-61(59)50-57)85(134)100-34-8-7-13-69(91(140)141)112-95(144)113-70(92(142)143)26-29-74(122)123/h5-6,11-12,18-21,24-25,30-33,41-44,50,56,58,60,67-71,124-127H,7-10,13-17,22-23,26-29,34-40,45-49,51-54H2,1-4H3,(H,100,134)(H,101,129)(H,102,130)(H,103,131)(H,104,132)(H,107,133)(H,108,120)(H,109,121)(H,110,135)(H,111,128)(H,122,123)(H,140,141)(H,142,143)(H4,96,97,105)(H4,98,99,106)(H2,112,113,144)/t56?,60?,67-,68-,69+,70+,71+/m1/s1. The summed E-state index contributed by atoms with van der Waals surface area (Å²) in [5, 5.41) is 126. The number of aryl methyl sites for hydroxylation is 4. The van der Waals surface area contributed by atoms with Gasteiger partial charge < -0.3 is 140 Å². The molecule has 0 saturated heterocycles. The smallest absolute Gasteiger partial charge is 0.326 e. The third kappa shape index (κ3) is 36.1. The summed E-state index contributed by atoms with van der Waals surface area (Å²) in [4.78, 5) is 241. The van der Waals surface area contributed by atoms with Crippen molar-refractivity contribution in [1.82, 2.24) is 97.2 Å². The molecule has 5 atom stereocenters. The number of anilines is 1. The second kappa shape index (κ2) is 56.3. The van der Waals surface area contributed by atoms with Crippen LogP contribution in [0.4, 0.5) is 10.5 Å². The predicted octanol–water partition coefficient (Wildman–Crippen LogP) is -1.84. The number of guanidine groups is 2. The molecule has 3 aromatic carbocycles. The lowest BCUT2D eigenvalue weighted by molar-refractivity contribution is -0.141. The topological polar surface area (TPSA) is 743 Å². The molecular weight excluding hydrogens is 1880 g/mol. The van der Waals surface area contributed by atoms with Crippen LogP contribution in [0.15, 0.2) is 135 Å². The zero-order valence-corrected chi connectivity index (χ0v) is 80.3. The number of carboxylic acid groups (broad SMARTS) is 3. The lowest BCUT2D eigenvalue weighted by Crippen LogP contribution is -2.54. The van der Waals surface area contributed by atoms with Crippen molar-refractivity contribution in [3.05, 3.63) is 191 Å². The second-order valence-electron chi connectivity index (χ2n) is 35.1. The van der Waals surface area contributed by atoms with E-state index in [9.17, 15) is 117 Å². The number of urea groups is 1. The molecule has 12 amide bonds. The Morgan fingerprint density at radius 1 is 0.403 bits per heavy atom. The molecule has 0 bridgehead atoms. The van der Waals surface area contributed by atoms with Crippen LogP contribution in [-0.4, -0.2) is 281 Å². The zero-order chi connectivity index (χ0) is 105. The summed E-state index contributed by atoms with van der Waals surface area (Å²) in [6.45, 7) is 0.105. The molecule has 8 rings (SSSR count). The zero-order valence-electron chi connectivity index (χ0n) is 80.3. The van der Waals surface area contributed by atoms with Gasteiger partial charge in [-0.1, -0.05) is 54.6 Å². The van der Waals surface area contributed by atoms with E-state index in [4.69, 9.17) is 27.4 Å². The summed E-state index contributed by atoms with van der Waals surface area (Å²) in [5.74, 6) is -16.4. The number of hydrogen-bond acceptors (Lipinski definition) is 26. The van der Waals surface area contributed by atoms with E-state index in [0.29, 0.717) is 31.2 Å². The third-order valence-corrected chi connectivity index (χ3v) is 24.2. The molecule has 7 aromatic rings. The largest absolute Gasteiger partial charge is 0.502 e. The molecule has 1 fully saturated rings. The van der Waals surface area contributed by atoms with E-state index in [0.717, 1.165) is 34.6 Å². The molecule has 27 N–H and O–H groups in total.